The number of rotatable bonds is 8. The van der Waals surface area contributed by atoms with Crippen LogP contribution in [-0.2, 0) is 0 Å². The highest BCUT2D eigenvalue weighted by Gasteiger charge is 2.12. The highest BCUT2D eigenvalue weighted by Crippen LogP contribution is 2.01. The molecule has 0 aromatic carbocycles. The van der Waals surface area contributed by atoms with Crippen molar-refractivity contribution >= 4 is 0 Å². The van der Waals surface area contributed by atoms with Gasteiger partial charge < -0.3 is 10.4 Å². The monoisotopic (exact) mass is 195 g/mol. The summed E-state index contributed by atoms with van der Waals surface area (Å²) in [6.07, 6.45) is 1.39. The van der Waals surface area contributed by atoms with E-state index in [1.54, 1.807) is 0 Å². The molecule has 0 aliphatic carbocycles. The van der Waals surface area contributed by atoms with Gasteiger partial charge in [0.15, 0.2) is 0 Å². The second-order valence-corrected chi connectivity index (χ2v) is 3.22. The highest BCUT2D eigenvalue weighted by molar-refractivity contribution is 4.62. The Kier molecular flexibility index (Phi) is 8.24. The molecule has 0 aliphatic heterocycles. The molecule has 0 spiro atoms. The second kappa shape index (κ2) is 8.38. The van der Waals surface area contributed by atoms with E-state index in [0.29, 0.717) is 6.54 Å². The molecule has 0 rings (SSSR count). The van der Waals surface area contributed by atoms with Gasteiger partial charge in [0, 0.05) is 6.61 Å². The van der Waals surface area contributed by atoms with Crippen LogP contribution in [0.4, 0.5) is 8.78 Å². The highest BCUT2D eigenvalue weighted by atomic mass is 19.3. The van der Waals surface area contributed by atoms with E-state index in [1.807, 2.05) is 0 Å². The van der Waals surface area contributed by atoms with Gasteiger partial charge in [-0.2, -0.15) is 0 Å². The molecular formula is C9H19F2NO. The van der Waals surface area contributed by atoms with Gasteiger partial charge in [-0.05, 0) is 26.3 Å². The van der Waals surface area contributed by atoms with Crippen molar-refractivity contribution in [3.63, 3.8) is 0 Å². The van der Waals surface area contributed by atoms with Crippen LogP contribution in [0.3, 0.4) is 0 Å². The molecule has 0 amide bonds. The standard InChI is InChI=1S/C9H19F2NO/c1-8(9(10)11)12-6-4-2-3-5-7-13/h8-9,12-13H,2-7H2,1H3. The summed E-state index contributed by atoms with van der Waals surface area (Å²) in [5.41, 5.74) is 0. The van der Waals surface area contributed by atoms with Crippen LogP contribution in [0.1, 0.15) is 32.6 Å². The quantitative estimate of drug-likeness (QED) is 0.579. The molecule has 2 nitrogen and oxygen atoms in total. The van der Waals surface area contributed by atoms with Crippen LogP contribution in [0.5, 0.6) is 0 Å². The fourth-order valence-electron chi connectivity index (χ4n) is 1.01. The molecule has 0 aromatic heterocycles. The van der Waals surface area contributed by atoms with Gasteiger partial charge in [0.05, 0.1) is 6.04 Å². The molecule has 13 heavy (non-hydrogen) atoms. The summed E-state index contributed by atoms with van der Waals surface area (Å²) in [5, 5.41) is 11.2. The summed E-state index contributed by atoms with van der Waals surface area (Å²) >= 11 is 0. The Labute approximate surface area is 78.3 Å². The molecule has 0 fully saturated rings. The lowest BCUT2D eigenvalue weighted by Crippen LogP contribution is -2.33. The molecule has 0 radical (unpaired) electrons. The number of aliphatic hydroxyl groups is 1. The second-order valence-electron chi connectivity index (χ2n) is 3.22. The number of alkyl halides is 2. The average molecular weight is 195 g/mol. The maximum Gasteiger partial charge on any atom is 0.253 e. The molecule has 0 saturated carbocycles. The summed E-state index contributed by atoms with van der Waals surface area (Å²) in [4.78, 5) is 0. The molecular weight excluding hydrogens is 176 g/mol. The molecule has 0 aliphatic rings. The van der Waals surface area contributed by atoms with Gasteiger partial charge in [0.1, 0.15) is 0 Å². The van der Waals surface area contributed by atoms with Crippen molar-refractivity contribution in [2.24, 2.45) is 0 Å². The maximum absolute atomic E-state index is 12.0. The van der Waals surface area contributed by atoms with Crippen molar-refractivity contribution in [3.8, 4) is 0 Å². The molecule has 0 aromatic rings. The molecule has 80 valence electrons. The molecule has 0 bridgehead atoms. The zero-order valence-corrected chi connectivity index (χ0v) is 8.10. The Morgan fingerprint density at radius 2 is 1.77 bits per heavy atom. The van der Waals surface area contributed by atoms with Crippen LogP contribution in [0.2, 0.25) is 0 Å². The number of hydrogen-bond donors (Lipinski definition) is 2. The summed E-state index contributed by atoms with van der Waals surface area (Å²) in [7, 11) is 0. The van der Waals surface area contributed by atoms with Crippen molar-refractivity contribution in [1.29, 1.82) is 0 Å². The van der Waals surface area contributed by atoms with Crippen molar-refractivity contribution in [1.82, 2.24) is 5.32 Å². The molecule has 0 heterocycles. The molecule has 0 saturated heterocycles. The topological polar surface area (TPSA) is 32.3 Å². The van der Waals surface area contributed by atoms with Crippen molar-refractivity contribution < 1.29 is 13.9 Å². The first-order chi connectivity index (χ1) is 6.18. The van der Waals surface area contributed by atoms with E-state index < -0.39 is 12.5 Å². The molecule has 2 N–H and O–H groups in total. The number of hydrogen-bond acceptors (Lipinski definition) is 2. The minimum Gasteiger partial charge on any atom is -0.396 e. The Morgan fingerprint density at radius 3 is 2.31 bits per heavy atom. The van der Waals surface area contributed by atoms with Crippen LogP contribution in [0, 0.1) is 0 Å². The van der Waals surface area contributed by atoms with Gasteiger partial charge >= 0.3 is 0 Å². The van der Waals surface area contributed by atoms with Crippen LogP contribution in [0.25, 0.3) is 0 Å². The van der Waals surface area contributed by atoms with Crippen LogP contribution >= 0.6 is 0 Å². The van der Waals surface area contributed by atoms with Gasteiger partial charge in [-0.25, -0.2) is 8.78 Å². The van der Waals surface area contributed by atoms with E-state index in [2.05, 4.69) is 5.32 Å². The minimum atomic E-state index is -2.28. The third kappa shape index (κ3) is 8.12. The SMILES string of the molecule is CC(NCCCCCCO)C(F)F. The predicted molar refractivity (Wildman–Crippen MR) is 49.0 cm³/mol. The number of unbranched alkanes of at least 4 members (excludes halogenated alkanes) is 3. The van der Waals surface area contributed by atoms with E-state index in [1.165, 1.54) is 6.92 Å². The fraction of sp³-hybridized carbons (Fsp3) is 1.00. The van der Waals surface area contributed by atoms with E-state index in [-0.39, 0.29) is 6.61 Å². The normalized spacial score (nSPS) is 13.6. The first-order valence-corrected chi connectivity index (χ1v) is 4.81. The summed E-state index contributed by atoms with van der Waals surface area (Å²) in [6.45, 7) is 2.34. The van der Waals surface area contributed by atoms with Gasteiger partial charge in [-0.3, -0.25) is 0 Å². The number of halogens is 2. The fourth-order valence-corrected chi connectivity index (χ4v) is 1.01. The summed E-state index contributed by atoms with van der Waals surface area (Å²) in [6, 6.07) is -0.710. The first-order valence-electron chi connectivity index (χ1n) is 4.81. The Morgan fingerprint density at radius 1 is 1.15 bits per heavy atom. The van der Waals surface area contributed by atoms with Crippen LogP contribution < -0.4 is 5.32 Å². The lowest BCUT2D eigenvalue weighted by atomic mass is 10.2. The zero-order chi connectivity index (χ0) is 10.1. The Hall–Kier alpha value is -0.220. The van der Waals surface area contributed by atoms with Gasteiger partial charge in [-0.1, -0.05) is 12.8 Å². The average Bonchev–Trinajstić information content (AvgIpc) is 2.10. The third-order valence-corrected chi connectivity index (χ3v) is 1.93. The van der Waals surface area contributed by atoms with Gasteiger partial charge in [0.2, 0.25) is 0 Å². The third-order valence-electron chi connectivity index (χ3n) is 1.93. The minimum absolute atomic E-state index is 0.223. The van der Waals surface area contributed by atoms with Crippen LogP contribution in [-0.4, -0.2) is 30.7 Å². The number of nitrogens with one attached hydrogen (secondary N) is 1. The van der Waals surface area contributed by atoms with Crippen molar-refractivity contribution in [2.45, 2.75) is 45.1 Å². The smallest absolute Gasteiger partial charge is 0.253 e. The lowest BCUT2D eigenvalue weighted by Gasteiger charge is -2.11. The zero-order valence-electron chi connectivity index (χ0n) is 8.10. The molecule has 4 heteroatoms. The van der Waals surface area contributed by atoms with E-state index in [0.717, 1.165) is 25.7 Å². The van der Waals surface area contributed by atoms with Gasteiger partial charge in [-0.15, -0.1) is 0 Å². The Balaban J connectivity index is 3.07. The number of aliphatic hydroxyl groups excluding tert-OH is 1. The first kappa shape index (κ1) is 12.8. The lowest BCUT2D eigenvalue weighted by molar-refractivity contribution is 0.106. The molecule has 1 unspecified atom stereocenters. The largest absolute Gasteiger partial charge is 0.396 e. The molecule has 1 atom stereocenters. The Bertz CT molecular complexity index is 112. The van der Waals surface area contributed by atoms with Crippen molar-refractivity contribution in [2.75, 3.05) is 13.2 Å². The maximum atomic E-state index is 12.0. The van der Waals surface area contributed by atoms with Crippen LogP contribution in [0.15, 0.2) is 0 Å². The summed E-state index contributed by atoms with van der Waals surface area (Å²) < 4.78 is 23.9. The van der Waals surface area contributed by atoms with E-state index in [9.17, 15) is 8.78 Å². The predicted octanol–water partition coefficient (Wildman–Crippen LogP) is 1.78. The van der Waals surface area contributed by atoms with Gasteiger partial charge in [0.25, 0.3) is 6.43 Å². The van der Waals surface area contributed by atoms with Crippen molar-refractivity contribution in [3.05, 3.63) is 0 Å². The van der Waals surface area contributed by atoms with E-state index >= 15 is 0 Å². The van der Waals surface area contributed by atoms with E-state index in [4.69, 9.17) is 5.11 Å². The summed E-state index contributed by atoms with van der Waals surface area (Å²) in [5.74, 6) is 0.